The molecule has 1 amide bonds. The fraction of sp³-hybridized carbons (Fsp3) is 0.300. The molecule has 68 valence electrons. The maximum Gasteiger partial charge on any atom is 0.256 e. The normalized spacial score (nSPS) is 14.6. The average molecular weight is 176 g/mol. The van der Waals surface area contributed by atoms with Crippen molar-refractivity contribution >= 4 is 11.6 Å². The maximum atomic E-state index is 11.7. The van der Waals surface area contributed by atoms with Gasteiger partial charge in [0.1, 0.15) is 0 Å². The number of carbonyl (C=O) groups is 1. The zero-order valence-electron chi connectivity index (χ0n) is 7.79. The zero-order chi connectivity index (χ0) is 9.42. The summed E-state index contributed by atoms with van der Waals surface area (Å²) in [6, 6.07) is 5.89. The molecule has 13 heavy (non-hydrogen) atoms. The summed E-state index contributed by atoms with van der Waals surface area (Å²) in [5.41, 5.74) is 2.86. The van der Waals surface area contributed by atoms with Crippen LogP contribution in [-0.4, -0.2) is 24.9 Å². The first-order chi connectivity index (χ1) is 6.24. The number of benzene rings is 1. The van der Waals surface area contributed by atoms with E-state index in [0.29, 0.717) is 0 Å². The molecule has 3 nitrogen and oxygen atoms in total. The number of nitrogens with one attached hydrogen (secondary N) is 1. The van der Waals surface area contributed by atoms with Gasteiger partial charge in [0, 0.05) is 26.3 Å². The van der Waals surface area contributed by atoms with Gasteiger partial charge in [-0.3, -0.25) is 4.79 Å². The molecule has 1 aromatic rings. The van der Waals surface area contributed by atoms with Crippen LogP contribution in [0.25, 0.3) is 0 Å². The van der Waals surface area contributed by atoms with E-state index in [1.807, 2.05) is 32.3 Å². The average Bonchev–Trinajstić information content (AvgIpc) is 2.43. The van der Waals surface area contributed by atoms with Crippen LogP contribution in [0.15, 0.2) is 18.2 Å². The van der Waals surface area contributed by atoms with Crippen LogP contribution in [0.3, 0.4) is 0 Å². The summed E-state index contributed by atoms with van der Waals surface area (Å²) in [4.78, 5) is 13.4. The minimum atomic E-state index is 0.111. The van der Waals surface area contributed by atoms with Crippen LogP contribution in [-0.2, 0) is 6.54 Å². The Labute approximate surface area is 77.4 Å². The summed E-state index contributed by atoms with van der Waals surface area (Å²) >= 11 is 0. The summed E-state index contributed by atoms with van der Waals surface area (Å²) in [5, 5.41) is 3.03. The molecule has 2 rings (SSSR count). The van der Waals surface area contributed by atoms with Crippen LogP contribution in [0, 0.1) is 0 Å². The number of carbonyl (C=O) groups excluding carboxylic acids is 1. The van der Waals surface area contributed by atoms with Gasteiger partial charge in [0.25, 0.3) is 5.91 Å². The fourth-order valence-corrected chi connectivity index (χ4v) is 1.71. The maximum absolute atomic E-state index is 11.7. The van der Waals surface area contributed by atoms with Gasteiger partial charge in [0.05, 0.1) is 5.56 Å². The predicted octanol–water partition coefficient (Wildman–Crippen LogP) is 1.31. The molecule has 1 aliphatic rings. The molecule has 0 saturated carbocycles. The molecule has 1 aliphatic heterocycles. The van der Waals surface area contributed by atoms with Gasteiger partial charge in [-0.2, -0.15) is 0 Å². The van der Waals surface area contributed by atoms with Crippen molar-refractivity contribution in [1.29, 1.82) is 0 Å². The van der Waals surface area contributed by atoms with E-state index in [9.17, 15) is 4.79 Å². The SMILES string of the molecule is CNc1cccc2c1C(=O)N(C)C2. The lowest BCUT2D eigenvalue weighted by Crippen LogP contribution is -2.18. The molecule has 0 aromatic heterocycles. The van der Waals surface area contributed by atoms with Crippen LogP contribution in [0.2, 0.25) is 0 Å². The molecule has 3 heteroatoms. The first-order valence-electron chi connectivity index (χ1n) is 4.29. The highest BCUT2D eigenvalue weighted by Crippen LogP contribution is 2.27. The largest absolute Gasteiger partial charge is 0.387 e. The second-order valence-corrected chi connectivity index (χ2v) is 3.25. The van der Waals surface area contributed by atoms with E-state index < -0.39 is 0 Å². The van der Waals surface area contributed by atoms with Crippen LogP contribution in [0.4, 0.5) is 5.69 Å². The Morgan fingerprint density at radius 1 is 1.46 bits per heavy atom. The molecule has 0 spiro atoms. The first-order valence-corrected chi connectivity index (χ1v) is 4.29. The standard InChI is InChI=1S/C10H12N2O/c1-11-8-5-3-4-7-6-12(2)10(13)9(7)8/h3-5,11H,6H2,1-2H3. The molecule has 0 radical (unpaired) electrons. The molecular weight excluding hydrogens is 164 g/mol. The van der Waals surface area contributed by atoms with E-state index in [4.69, 9.17) is 0 Å². The lowest BCUT2D eigenvalue weighted by molar-refractivity contribution is 0.0817. The molecule has 0 aliphatic carbocycles. The Bertz CT molecular complexity index is 360. The number of hydrogen-bond acceptors (Lipinski definition) is 2. The number of hydrogen-bond donors (Lipinski definition) is 1. The lowest BCUT2D eigenvalue weighted by atomic mass is 10.1. The van der Waals surface area contributed by atoms with E-state index in [0.717, 1.165) is 23.4 Å². The monoisotopic (exact) mass is 176 g/mol. The summed E-state index contributed by atoms with van der Waals surface area (Å²) < 4.78 is 0. The second-order valence-electron chi connectivity index (χ2n) is 3.25. The number of anilines is 1. The topological polar surface area (TPSA) is 32.3 Å². The van der Waals surface area contributed by atoms with Crippen molar-refractivity contribution in [3.05, 3.63) is 29.3 Å². The second kappa shape index (κ2) is 2.76. The highest BCUT2D eigenvalue weighted by atomic mass is 16.2. The van der Waals surface area contributed by atoms with E-state index in [-0.39, 0.29) is 5.91 Å². The van der Waals surface area contributed by atoms with Crippen molar-refractivity contribution in [2.45, 2.75) is 6.54 Å². The minimum absolute atomic E-state index is 0.111. The van der Waals surface area contributed by atoms with E-state index in [1.54, 1.807) is 4.90 Å². The Hall–Kier alpha value is -1.51. The van der Waals surface area contributed by atoms with Crippen LogP contribution >= 0.6 is 0 Å². The number of nitrogens with zero attached hydrogens (tertiary/aromatic N) is 1. The third-order valence-corrected chi connectivity index (χ3v) is 2.39. The Balaban J connectivity index is 2.58. The molecule has 0 unspecified atom stereocenters. The van der Waals surface area contributed by atoms with Crippen LogP contribution in [0.5, 0.6) is 0 Å². The third kappa shape index (κ3) is 1.08. The Morgan fingerprint density at radius 3 is 2.92 bits per heavy atom. The molecule has 1 N–H and O–H groups in total. The van der Waals surface area contributed by atoms with E-state index >= 15 is 0 Å². The first kappa shape index (κ1) is 8.10. The van der Waals surface area contributed by atoms with Gasteiger partial charge in [-0.25, -0.2) is 0 Å². The third-order valence-electron chi connectivity index (χ3n) is 2.39. The highest BCUT2D eigenvalue weighted by molar-refractivity contribution is 6.03. The molecule has 0 fully saturated rings. The Morgan fingerprint density at radius 2 is 2.23 bits per heavy atom. The molecule has 0 saturated heterocycles. The molecular formula is C10H12N2O. The molecule has 1 aromatic carbocycles. The van der Waals surface area contributed by atoms with Crippen molar-refractivity contribution in [2.75, 3.05) is 19.4 Å². The van der Waals surface area contributed by atoms with Gasteiger partial charge in [-0.05, 0) is 11.6 Å². The quantitative estimate of drug-likeness (QED) is 0.699. The van der Waals surface area contributed by atoms with Crippen molar-refractivity contribution in [1.82, 2.24) is 4.90 Å². The van der Waals surface area contributed by atoms with E-state index in [2.05, 4.69) is 5.32 Å². The van der Waals surface area contributed by atoms with Crippen LogP contribution < -0.4 is 5.32 Å². The summed E-state index contributed by atoms with van der Waals surface area (Å²) in [7, 11) is 3.66. The van der Waals surface area contributed by atoms with Crippen molar-refractivity contribution in [3.8, 4) is 0 Å². The number of rotatable bonds is 1. The minimum Gasteiger partial charge on any atom is -0.387 e. The predicted molar refractivity (Wildman–Crippen MR) is 51.8 cm³/mol. The van der Waals surface area contributed by atoms with E-state index in [1.165, 1.54) is 0 Å². The summed E-state index contributed by atoms with van der Waals surface area (Å²) in [6.45, 7) is 0.726. The number of fused-ring (bicyclic) bond motifs is 1. The summed E-state index contributed by atoms with van der Waals surface area (Å²) in [5.74, 6) is 0.111. The van der Waals surface area contributed by atoms with Crippen molar-refractivity contribution < 1.29 is 4.79 Å². The Kier molecular flexibility index (Phi) is 1.72. The van der Waals surface area contributed by atoms with Crippen molar-refractivity contribution in [2.24, 2.45) is 0 Å². The van der Waals surface area contributed by atoms with Gasteiger partial charge in [-0.1, -0.05) is 12.1 Å². The summed E-state index contributed by atoms with van der Waals surface area (Å²) in [6.07, 6.45) is 0. The van der Waals surface area contributed by atoms with Gasteiger partial charge in [0.2, 0.25) is 0 Å². The van der Waals surface area contributed by atoms with Gasteiger partial charge in [0.15, 0.2) is 0 Å². The zero-order valence-corrected chi connectivity index (χ0v) is 7.79. The van der Waals surface area contributed by atoms with Gasteiger partial charge in [-0.15, -0.1) is 0 Å². The van der Waals surface area contributed by atoms with Gasteiger partial charge >= 0.3 is 0 Å². The molecule has 0 bridgehead atoms. The highest BCUT2D eigenvalue weighted by Gasteiger charge is 2.26. The van der Waals surface area contributed by atoms with Crippen molar-refractivity contribution in [3.63, 3.8) is 0 Å². The lowest BCUT2D eigenvalue weighted by Gasteiger charge is -2.06. The number of amides is 1. The molecule has 1 heterocycles. The van der Waals surface area contributed by atoms with Gasteiger partial charge < -0.3 is 10.2 Å². The smallest absolute Gasteiger partial charge is 0.256 e. The molecule has 0 atom stereocenters. The van der Waals surface area contributed by atoms with Crippen LogP contribution in [0.1, 0.15) is 15.9 Å². The fourth-order valence-electron chi connectivity index (χ4n) is 1.71.